The molecule has 0 aliphatic heterocycles. The van der Waals surface area contributed by atoms with Gasteiger partial charge in [-0.25, -0.2) is 0 Å². The molecule has 0 saturated heterocycles. The highest BCUT2D eigenvalue weighted by Crippen LogP contribution is 2.22. The monoisotopic (exact) mass is 311 g/mol. The predicted octanol–water partition coefficient (Wildman–Crippen LogP) is 4.20. The van der Waals surface area contributed by atoms with Crippen LogP contribution in [0.5, 0.6) is 5.75 Å². The zero-order valence-electron chi connectivity index (χ0n) is 14.3. The zero-order valence-corrected chi connectivity index (χ0v) is 14.3. The fourth-order valence-electron chi connectivity index (χ4n) is 2.52. The molecule has 3 heteroatoms. The minimum atomic E-state index is -0.103. The van der Waals surface area contributed by atoms with Crippen LogP contribution in [0.1, 0.15) is 36.6 Å². The highest BCUT2D eigenvalue weighted by molar-refractivity contribution is 5.78. The van der Waals surface area contributed by atoms with Crippen LogP contribution < -0.4 is 10.1 Å². The van der Waals surface area contributed by atoms with Gasteiger partial charge in [-0.15, -0.1) is 0 Å². The molecule has 0 bridgehead atoms. The minimum absolute atomic E-state index is 0.00842. The average molecular weight is 311 g/mol. The van der Waals surface area contributed by atoms with Crippen molar-refractivity contribution in [2.45, 2.75) is 33.7 Å². The smallest absolute Gasteiger partial charge is 0.258 e. The van der Waals surface area contributed by atoms with E-state index in [0.717, 1.165) is 22.4 Å². The first-order valence-electron chi connectivity index (χ1n) is 8.01. The van der Waals surface area contributed by atoms with Crippen molar-refractivity contribution in [2.24, 2.45) is 5.92 Å². The van der Waals surface area contributed by atoms with Gasteiger partial charge in [0.1, 0.15) is 5.75 Å². The number of ether oxygens (including phenoxy) is 1. The Labute approximate surface area is 138 Å². The number of amides is 1. The maximum Gasteiger partial charge on any atom is 0.258 e. The molecule has 0 heterocycles. The molecule has 0 spiro atoms. The topological polar surface area (TPSA) is 38.3 Å². The Morgan fingerprint density at radius 1 is 1.09 bits per heavy atom. The number of benzene rings is 2. The van der Waals surface area contributed by atoms with Crippen LogP contribution in [0.4, 0.5) is 0 Å². The molecule has 122 valence electrons. The Bertz CT molecular complexity index is 650. The molecule has 0 radical (unpaired) electrons. The highest BCUT2D eigenvalue weighted by atomic mass is 16.5. The van der Waals surface area contributed by atoms with Crippen molar-refractivity contribution < 1.29 is 9.53 Å². The lowest BCUT2D eigenvalue weighted by molar-refractivity contribution is -0.124. The fraction of sp³-hybridized carbons (Fsp3) is 0.350. The molecule has 2 rings (SSSR count). The summed E-state index contributed by atoms with van der Waals surface area (Å²) in [4.78, 5) is 12.3. The number of rotatable bonds is 6. The second-order valence-corrected chi connectivity index (χ2v) is 6.26. The van der Waals surface area contributed by atoms with Crippen LogP contribution in [0.3, 0.4) is 0 Å². The third-order valence-electron chi connectivity index (χ3n) is 3.84. The van der Waals surface area contributed by atoms with Crippen LogP contribution in [0, 0.1) is 19.8 Å². The van der Waals surface area contributed by atoms with Gasteiger partial charge in [0.15, 0.2) is 6.61 Å². The summed E-state index contributed by atoms with van der Waals surface area (Å²) in [5.41, 5.74) is 3.27. The highest BCUT2D eigenvalue weighted by Gasteiger charge is 2.18. The lowest BCUT2D eigenvalue weighted by Crippen LogP contribution is -2.35. The first kappa shape index (κ1) is 17.1. The van der Waals surface area contributed by atoms with Gasteiger partial charge in [0.05, 0.1) is 6.04 Å². The standard InChI is InChI=1S/C20H25NO2/c1-14(2)20(17-8-6-5-7-9-17)21-19(22)13-23-18-12-15(3)10-11-16(18)4/h5-12,14,20H,13H2,1-4H3,(H,21,22). The van der Waals surface area contributed by atoms with Crippen molar-refractivity contribution in [3.8, 4) is 5.75 Å². The molecule has 1 N–H and O–H groups in total. The SMILES string of the molecule is Cc1ccc(C)c(OCC(=O)NC(c2ccccc2)C(C)C)c1. The van der Waals surface area contributed by atoms with Crippen molar-refractivity contribution in [1.82, 2.24) is 5.32 Å². The molecule has 2 aromatic rings. The van der Waals surface area contributed by atoms with Crippen LogP contribution in [0.2, 0.25) is 0 Å². The number of hydrogen-bond donors (Lipinski definition) is 1. The van der Waals surface area contributed by atoms with Gasteiger partial charge in [-0.2, -0.15) is 0 Å². The van der Waals surface area contributed by atoms with E-state index in [-0.39, 0.29) is 18.6 Å². The predicted molar refractivity (Wildman–Crippen MR) is 93.6 cm³/mol. The van der Waals surface area contributed by atoms with Crippen molar-refractivity contribution in [3.63, 3.8) is 0 Å². The number of carbonyl (C=O) groups is 1. The van der Waals surface area contributed by atoms with Gasteiger partial charge in [-0.1, -0.05) is 56.3 Å². The van der Waals surface area contributed by atoms with Crippen LogP contribution in [0.25, 0.3) is 0 Å². The molecule has 1 unspecified atom stereocenters. The Morgan fingerprint density at radius 3 is 2.43 bits per heavy atom. The van der Waals surface area contributed by atoms with Gasteiger partial charge < -0.3 is 10.1 Å². The van der Waals surface area contributed by atoms with Crippen LogP contribution in [0.15, 0.2) is 48.5 Å². The number of carbonyl (C=O) groups excluding carboxylic acids is 1. The third-order valence-corrected chi connectivity index (χ3v) is 3.84. The first-order chi connectivity index (χ1) is 11.0. The van der Waals surface area contributed by atoms with Gasteiger partial charge in [-0.05, 0) is 42.5 Å². The van der Waals surface area contributed by atoms with Gasteiger partial charge in [0, 0.05) is 0 Å². The van der Waals surface area contributed by atoms with E-state index in [4.69, 9.17) is 4.74 Å². The summed E-state index contributed by atoms with van der Waals surface area (Å²) in [6.45, 7) is 8.22. The summed E-state index contributed by atoms with van der Waals surface area (Å²) < 4.78 is 5.68. The molecule has 2 aromatic carbocycles. The third kappa shape index (κ3) is 4.85. The lowest BCUT2D eigenvalue weighted by Gasteiger charge is -2.23. The molecule has 0 aliphatic carbocycles. The second kappa shape index (κ2) is 7.82. The van der Waals surface area contributed by atoms with Crippen LogP contribution >= 0.6 is 0 Å². The summed E-state index contributed by atoms with van der Waals surface area (Å²) in [5.74, 6) is 0.969. The van der Waals surface area contributed by atoms with Crippen molar-refractivity contribution >= 4 is 5.91 Å². The number of nitrogens with one attached hydrogen (secondary N) is 1. The molecular formula is C20H25NO2. The fourth-order valence-corrected chi connectivity index (χ4v) is 2.52. The summed E-state index contributed by atoms with van der Waals surface area (Å²) in [5, 5.41) is 3.07. The first-order valence-corrected chi connectivity index (χ1v) is 8.01. The van der Waals surface area contributed by atoms with Crippen molar-refractivity contribution in [3.05, 3.63) is 65.2 Å². The van der Waals surface area contributed by atoms with E-state index >= 15 is 0 Å². The lowest BCUT2D eigenvalue weighted by atomic mass is 9.96. The summed E-state index contributed by atoms with van der Waals surface area (Å²) >= 11 is 0. The molecule has 0 fully saturated rings. The largest absolute Gasteiger partial charge is 0.483 e. The van der Waals surface area contributed by atoms with E-state index in [1.165, 1.54) is 0 Å². The van der Waals surface area contributed by atoms with Gasteiger partial charge >= 0.3 is 0 Å². The molecule has 3 nitrogen and oxygen atoms in total. The van der Waals surface area contributed by atoms with E-state index in [2.05, 4.69) is 19.2 Å². The van der Waals surface area contributed by atoms with Gasteiger partial charge in [-0.3, -0.25) is 4.79 Å². The normalized spacial score (nSPS) is 12.0. The molecule has 0 aliphatic rings. The minimum Gasteiger partial charge on any atom is -0.483 e. The Balaban J connectivity index is 1.99. The van der Waals surface area contributed by atoms with Gasteiger partial charge in [0.2, 0.25) is 0 Å². The molecule has 0 saturated carbocycles. The quantitative estimate of drug-likeness (QED) is 0.868. The van der Waals surface area contributed by atoms with Crippen LogP contribution in [-0.4, -0.2) is 12.5 Å². The molecular weight excluding hydrogens is 286 g/mol. The van der Waals surface area contributed by atoms with E-state index in [1.807, 2.05) is 62.4 Å². The van der Waals surface area contributed by atoms with Crippen molar-refractivity contribution in [1.29, 1.82) is 0 Å². The summed E-state index contributed by atoms with van der Waals surface area (Å²) in [6, 6.07) is 16.0. The molecule has 1 atom stereocenters. The van der Waals surface area contributed by atoms with E-state index in [1.54, 1.807) is 0 Å². The summed E-state index contributed by atoms with van der Waals surface area (Å²) in [6.07, 6.45) is 0. The molecule has 0 aromatic heterocycles. The van der Waals surface area contributed by atoms with Crippen molar-refractivity contribution in [2.75, 3.05) is 6.61 Å². The second-order valence-electron chi connectivity index (χ2n) is 6.26. The maximum absolute atomic E-state index is 12.3. The zero-order chi connectivity index (χ0) is 16.8. The average Bonchev–Trinajstić information content (AvgIpc) is 2.54. The Morgan fingerprint density at radius 2 is 1.78 bits per heavy atom. The van der Waals surface area contributed by atoms with E-state index in [9.17, 15) is 4.79 Å². The van der Waals surface area contributed by atoms with E-state index < -0.39 is 0 Å². The van der Waals surface area contributed by atoms with Crippen LogP contribution in [-0.2, 0) is 4.79 Å². The molecule has 1 amide bonds. The maximum atomic E-state index is 12.3. The Kier molecular flexibility index (Phi) is 5.80. The Hall–Kier alpha value is -2.29. The summed E-state index contributed by atoms with van der Waals surface area (Å²) in [7, 11) is 0. The number of aryl methyl sites for hydroxylation is 2. The van der Waals surface area contributed by atoms with Gasteiger partial charge in [0.25, 0.3) is 5.91 Å². The van der Waals surface area contributed by atoms with E-state index in [0.29, 0.717) is 5.92 Å². The molecule has 23 heavy (non-hydrogen) atoms. The number of hydrogen-bond acceptors (Lipinski definition) is 2.